The Morgan fingerprint density at radius 1 is 0.781 bits per heavy atom. The summed E-state index contributed by atoms with van der Waals surface area (Å²) in [7, 11) is 0. The molecule has 2 N–H and O–H groups in total. The van der Waals surface area contributed by atoms with Crippen molar-refractivity contribution in [3.8, 4) is 0 Å². The third-order valence-electron chi connectivity index (χ3n) is 6.60. The van der Waals surface area contributed by atoms with E-state index in [4.69, 9.17) is 5.73 Å². The van der Waals surface area contributed by atoms with Crippen LogP contribution in [0.5, 0.6) is 0 Å². The molecule has 2 saturated heterocycles. The molecule has 8 nitrogen and oxygen atoms in total. The van der Waals surface area contributed by atoms with Crippen LogP contribution in [0.25, 0.3) is 0 Å². The average molecular weight is 433 g/mol. The summed E-state index contributed by atoms with van der Waals surface area (Å²) >= 11 is 0. The van der Waals surface area contributed by atoms with Crippen molar-refractivity contribution >= 4 is 35.2 Å². The fraction of sp³-hybridized carbons (Fsp3) is 0.417. The van der Waals surface area contributed by atoms with E-state index in [9.17, 15) is 10.1 Å². The van der Waals surface area contributed by atoms with Crippen LogP contribution in [0.1, 0.15) is 47.9 Å². The molecule has 4 heterocycles. The molecule has 6 rings (SSSR count). The number of hydrogen-bond donors (Lipinski definition) is 1. The van der Waals surface area contributed by atoms with E-state index in [1.165, 1.54) is 29.7 Å². The summed E-state index contributed by atoms with van der Waals surface area (Å²) in [6.07, 6.45) is 8.44. The van der Waals surface area contributed by atoms with E-state index in [1.54, 1.807) is 12.3 Å². The van der Waals surface area contributed by atoms with Crippen LogP contribution in [-0.2, 0) is 13.1 Å². The Morgan fingerprint density at radius 3 is 1.84 bits per heavy atom. The van der Waals surface area contributed by atoms with Gasteiger partial charge in [-0.2, -0.15) is 0 Å². The quantitative estimate of drug-likeness (QED) is 0.450. The third-order valence-corrected chi connectivity index (χ3v) is 6.60. The van der Waals surface area contributed by atoms with E-state index in [0.29, 0.717) is 6.54 Å². The third kappa shape index (κ3) is 3.92. The Morgan fingerprint density at radius 2 is 1.28 bits per heavy atom. The molecule has 0 spiro atoms. The average Bonchev–Trinajstić information content (AvgIpc) is 3.60. The fourth-order valence-electron chi connectivity index (χ4n) is 4.89. The molecule has 0 atom stereocenters. The van der Waals surface area contributed by atoms with Gasteiger partial charge in [0.15, 0.2) is 0 Å². The van der Waals surface area contributed by atoms with Crippen LogP contribution in [0.15, 0.2) is 34.3 Å². The van der Waals surface area contributed by atoms with Gasteiger partial charge in [-0.3, -0.25) is 20.1 Å². The molecule has 2 aromatic carbocycles. The van der Waals surface area contributed by atoms with Crippen molar-refractivity contribution in [3.05, 3.63) is 56.6 Å². The van der Waals surface area contributed by atoms with E-state index in [1.807, 2.05) is 12.3 Å². The number of nitrogens with two attached hydrogens (primary N) is 1. The predicted octanol–water partition coefficient (Wildman–Crippen LogP) is 3.93. The number of nitrogen functional groups attached to an aromatic ring is 1. The normalized spacial score (nSPS) is 18.0. The van der Waals surface area contributed by atoms with Gasteiger partial charge < -0.3 is 15.5 Å². The highest BCUT2D eigenvalue weighted by Gasteiger charge is 2.25. The number of anilines is 3. The number of nitro groups is 1. The zero-order valence-electron chi connectivity index (χ0n) is 18.2. The van der Waals surface area contributed by atoms with Crippen LogP contribution in [0, 0.1) is 10.1 Å². The number of nitro benzene ring substituents is 1. The monoisotopic (exact) mass is 432 g/mol. The lowest BCUT2D eigenvalue weighted by Crippen LogP contribution is -2.19. The first-order valence-corrected chi connectivity index (χ1v) is 11.3. The first kappa shape index (κ1) is 20.5. The van der Waals surface area contributed by atoms with Crippen LogP contribution < -0.4 is 15.5 Å². The molecule has 0 unspecified atom stereocenters. The zero-order valence-corrected chi connectivity index (χ0v) is 18.2. The summed E-state index contributed by atoms with van der Waals surface area (Å²) < 4.78 is 0. The standard InChI is InChI=1S/C12H13N3O2.C12H15N3/c16-15(17)12-6-10-8-13-7-9(10)5-11(12)14-3-1-2-4-14;13-11-5-9-7-14-8-10(9)6-12(11)15-3-1-2-4-15/h5-6,8H,1-4,7H2;5-7H,1-4,8,13H2. The molecule has 8 heteroatoms. The summed E-state index contributed by atoms with van der Waals surface area (Å²) in [6, 6.07) is 7.85. The first-order valence-electron chi connectivity index (χ1n) is 11.3. The lowest BCUT2D eigenvalue weighted by Gasteiger charge is -2.20. The van der Waals surface area contributed by atoms with Gasteiger partial charge in [-0.1, -0.05) is 0 Å². The molecular formula is C24H28N6O2. The van der Waals surface area contributed by atoms with Gasteiger partial charge >= 0.3 is 0 Å². The second-order valence-corrected chi connectivity index (χ2v) is 8.73. The van der Waals surface area contributed by atoms with Gasteiger partial charge in [-0.25, -0.2) is 0 Å². The predicted molar refractivity (Wildman–Crippen MR) is 129 cm³/mol. The van der Waals surface area contributed by atoms with Crippen molar-refractivity contribution in [1.82, 2.24) is 0 Å². The van der Waals surface area contributed by atoms with Crippen LogP contribution in [0.3, 0.4) is 0 Å². The molecule has 2 fully saturated rings. The lowest BCUT2D eigenvalue weighted by atomic mass is 10.1. The van der Waals surface area contributed by atoms with E-state index >= 15 is 0 Å². The Kier molecular flexibility index (Phi) is 5.51. The molecule has 0 aliphatic carbocycles. The molecule has 4 aliphatic rings. The second-order valence-electron chi connectivity index (χ2n) is 8.73. The van der Waals surface area contributed by atoms with Crippen molar-refractivity contribution in [1.29, 1.82) is 0 Å². The Labute approximate surface area is 187 Å². The molecular weight excluding hydrogens is 404 g/mol. The summed E-state index contributed by atoms with van der Waals surface area (Å²) in [5.74, 6) is 0. The van der Waals surface area contributed by atoms with Gasteiger partial charge in [-0.05, 0) is 60.6 Å². The minimum atomic E-state index is -0.292. The van der Waals surface area contributed by atoms with Crippen LogP contribution in [0.2, 0.25) is 0 Å². The van der Waals surface area contributed by atoms with E-state index in [-0.39, 0.29) is 10.6 Å². The summed E-state index contributed by atoms with van der Waals surface area (Å²) in [5, 5.41) is 11.1. The largest absolute Gasteiger partial charge is 0.397 e. The fourth-order valence-corrected chi connectivity index (χ4v) is 4.89. The topological polar surface area (TPSA) is 100 Å². The van der Waals surface area contributed by atoms with E-state index < -0.39 is 0 Å². The first-order chi connectivity index (χ1) is 15.6. The van der Waals surface area contributed by atoms with Crippen LogP contribution in [0.4, 0.5) is 22.7 Å². The highest BCUT2D eigenvalue weighted by molar-refractivity contribution is 5.89. The molecule has 0 radical (unpaired) electrons. The summed E-state index contributed by atoms with van der Waals surface area (Å²) in [6.45, 7) is 5.58. The van der Waals surface area contributed by atoms with Crippen molar-refractivity contribution in [2.45, 2.75) is 38.8 Å². The smallest absolute Gasteiger partial charge is 0.293 e. The SMILES string of the molecule is Nc1cc2c(cc1N1CCCC1)CN=C2.O=[N+]([O-])c1cc2c(cc1N1CCCC1)CN=C2. The molecule has 166 valence electrons. The molecule has 0 bridgehead atoms. The molecule has 2 aromatic rings. The second kappa shape index (κ2) is 8.61. The number of aliphatic imine (C=N–C) groups is 2. The van der Waals surface area contributed by atoms with Gasteiger partial charge in [0.05, 0.1) is 29.4 Å². The van der Waals surface area contributed by atoms with Gasteiger partial charge in [0, 0.05) is 50.2 Å². The molecule has 4 aliphatic heterocycles. The van der Waals surface area contributed by atoms with Crippen molar-refractivity contribution in [2.24, 2.45) is 9.98 Å². The lowest BCUT2D eigenvalue weighted by molar-refractivity contribution is -0.384. The van der Waals surface area contributed by atoms with Gasteiger partial charge in [0.25, 0.3) is 5.69 Å². The highest BCUT2D eigenvalue weighted by Crippen LogP contribution is 2.35. The Hall–Kier alpha value is -3.42. The number of nitrogens with zero attached hydrogens (tertiary/aromatic N) is 5. The Balaban J connectivity index is 0.000000136. The van der Waals surface area contributed by atoms with Gasteiger partial charge in [0.2, 0.25) is 0 Å². The van der Waals surface area contributed by atoms with E-state index in [2.05, 4.69) is 31.9 Å². The minimum Gasteiger partial charge on any atom is -0.397 e. The van der Waals surface area contributed by atoms with Crippen molar-refractivity contribution in [3.63, 3.8) is 0 Å². The maximum Gasteiger partial charge on any atom is 0.293 e. The van der Waals surface area contributed by atoms with Gasteiger partial charge in [0.1, 0.15) is 5.69 Å². The van der Waals surface area contributed by atoms with Gasteiger partial charge in [-0.15, -0.1) is 0 Å². The number of rotatable bonds is 3. The summed E-state index contributed by atoms with van der Waals surface area (Å²) in [5.41, 5.74) is 13.6. The van der Waals surface area contributed by atoms with E-state index in [0.717, 1.165) is 68.1 Å². The summed E-state index contributed by atoms with van der Waals surface area (Å²) in [4.78, 5) is 23.7. The minimum absolute atomic E-state index is 0.207. The maximum atomic E-state index is 11.1. The highest BCUT2D eigenvalue weighted by atomic mass is 16.6. The molecule has 0 amide bonds. The molecule has 32 heavy (non-hydrogen) atoms. The Bertz CT molecular complexity index is 1100. The number of hydrogen-bond acceptors (Lipinski definition) is 7. The molecule has 0 aromatic heterocycles. The van der Waals surface area contributed by atoms with Crippen molar-refractivity contribution < 1.29 is 4.92 Å². The van der Waals surface area contributed by atoms with Crippen LogP contribution in [-0.4, -0.2) is 43.5 Å². The van der Waals surface area contributed by atoms with Crippen LogP contribution >= 0.6 is 0 Å². The number of benzene rings is 2. The van der Waals surface area contributed by atoms with Crippen molar-refractivity contribution in [2.75, 3.05) is 41.7 Å². The zero-order chi connectivity index (χ0) is 22.1. The maximum absolute atomic E-state index is 11.1. The molecule has 0 saturated carbocycles. The number of fused-ring (bicyclic) bond motifs is 2.